The Morgan fingerprint density at radius 3 is 2.39 bits per heavy atom. The predicted molar refractivity (Wildman–Crippen MR) is 71.2 cm³/mol. The second kappa shape index (κ2) is 5.73. The quantitative estimate of drug-likeness (QED) is 0.716. The fourth-order valence-corrected chi connectivity index (χ4v) is 1.83. The Morgan fingerprint density at radius 2 is 1.94 bits per heavy atom. The molecular formula is C12H16ClN3O2. The molecule has 5 nitrogen and oxygen atoms in total. The number of primary amides is 1. The van der Waals surface area contributed by atoms with Gasteiger partial charge in [0.15, 0.2) is 0 Å². The van der Waals surface area contributed by atoms with Crippen LogP contribution in [-0.2, 0) is 4.79 Å². The first-order chi connectivity index (χ1) is 8.34. The number of anilines is 1. The van der Waals surface area contributed by atoms with Crippen LogP contribution in [0.2, 0.25) is 5.02 Å². The molecule has 0 heterocycles. The summed E-state index contributed by atoms with van der Waals surface area (Å²) in [5, 5.41) is 2.77. The van der Waals surface area contributed by atoms with E-state index in [2.05, 4.69) is 5.32 Å². The molecule has 0 aliphatic rings. The fourth-order valence-electron chi connectivity index (χ4n) is 1.56. The van der Waals surface area contributed by atoms with Gasteiger partial charge >= 0.3 is 0 Å². The Labute approximate surface area is 110 Å². The van der Waals surface area contributed by atoms with Crippen LogP contribution in [0.5, 0.6) is 0 Å². The number of carbonyl (C=O) groups excluding carboxylic acids is 2. The van der Waals surface area contributed by atoms with Crippen LogP contribution in [0.25, 0.3) is 0 Å². The lowest BCUT2D eigenvalue weighted by Gasteiger charge is -2.19. The van der Waals surface area contributed by atoms with Gasteiger partial charge in [-0.05, 0) is 18.1 Å². The highest BCUT2D eigenvalue weighted by Gasteiger charge is 2.24. The SMILES string of the molecule is CC(C)C(NC(=O)c1c(N)cccc1Cl)C(N)=O. The van der Waals surface area contributed by atoms with Gasteiger partial charge in [0.25, 0.3) is 5.91 Å². The van der Waals surface area contributed by atoms with Crippen molar-refractivity contribution < 1.29 is 9.59 Å². The van der Waals surface area contributed by atoms with Gasteiger partial charge in [-0.3, -0.25) is 9.59 Å². The van der Waals surface area contributed by atoms with Crippen molar-refractivity contribution in [2.45, 2.75) is 19.9 Å². The lowest BCUT2D eigenvalue weighted by Crippen LogP contribution is -2.47. The topological polar surface area (TPSA) is 98.2 Å². The molecular weight excluding hydrogens is 254 g/mol. The van der Waals surface area contributed by atoms with Crippen molar-refractivity contribution in [3.63, 3.8) is 0 Å². The van der Waals surface area contributed by atoms with Gasteiger partial charge in [0.05, 0.1) is 10.6 Å². The summed E-state index contributed by atoms with van der Waals surface area (Å²) < 4.78 is 0. The van der Waals surface area contributed by atoms with Crippen LogP contribution in [0.1, 0.15) is 24.2 Å². The second-order valence-electron chi connectivity index (χ2n) is 4.30. The Bertz CT molecular complexity index is 454. The van der Waals surface area contributed by atoms with Gasteiger partial charge in [-0.25, -0.2) is 0 Å². The molecule has 1 aromatic carbocycles. The third-order valence-electron chi connectivity index (χ3n) is 2.53. The van der Waals surface area contributed by atoms with Gasteiger partial charge < -0.3 is 16.8 Å². The smallest absolute Gasteiger partial charge is 0.255 e. The Hall–Kier alpha value is -1.75. The van der Waals surface area contributed by atoms with E-state index in [0.717, 1.165) is 0 Å². The molecule has 0 aliphatic heterocycles. The number of nitrogen functional groups attached to an aromatic ring is 1. The molecule has 0 fully saturated rings. The van der Waals surface area contributed by atoms with Crippen LogP contribution >= 0.6 is 11.6 Å². The molecule has 2 amide bonds. The number of hydrogen-bond donors (Lipinski definition) is 3. The first-order valence-corrected chi connectivity index (χ1v) is 5.86. The molecule has 0 aromatic heterocycles. The summed E-state index contributed by atoms with van der Waals surface area (Å²) in [5.41, 5.74) is 11.3. The monoisotopic (exact) mass is 269 g/mol. The maximum absolute atomic E-state index is 12.0. The molecule has 18 heavy (non-hydrogen) atoms. The van der Waals surface area contributed by atoms with Gasteiger partial charge in [-0.2, -0.15) is 0 Å². The number of amides is 2. The van der Waals surface area contributed by atoms with Gasteiger partial charge in [-0.15, -0.1) is 0 Å². The molecule has 0 spiro atoms. The van der Waals surface area contributed by atoms with Crippen molar-refractivity contribution in [3.8, 4) is 0 Å². The normalized spacial score (nSPS) is 12.2. The number of nitrogens with two attached hydrogens (primary N) is 2. The maximum Gasteiger partial charge on any atom is 0.255 e. The number of nitrogens with one attached hydrogen (secondary N) is 1. The third-order valence-corrected chi connectivity index (χ3v) is 2.85. The molecule has 1 atom stereocenters. The molecule has 0 saturated heterocycles. The summed E-state index contributed by atoms with van der Waals surface area (Å²) >= 11 is 5.91. The van der Waals surface area contributed by atoms with Gasteiger partial charge in [-0.1, -0.05) is 31.5 Å². The van der Waals surface area contributed by atoms with Crippen molar-refractivity contribution in [1.29, 1.82) is 0 Å². The molecule has 0 bridgehead atoms. The highest BCUT2D eigenvalue weighted by Crippen LogP contribution is 2.22. The summed E-state index contributed by atoms with van der Waals surface area (Å²) in [6, 6.07) is 4.01. The van der Waals surface area contributed by atoms with E-state index in [0.29, 0.717) is 0 Å². The lowest BCUT2D eigenvalue weighted by molar-refractivity contribution is -0.120. The van der Waals surface area contributed by atoms with Crippen LogP contribution in [0.3, 0.4) is 0 Å². The first kappa shape index (κ1) is 14.3. The summed E-state index contributed by atoms with van der Waals surface area (Å²) in [5.74, 6) is -1.21. The minimum atomic E-state index is -0.756. The van der Waals surface area contributed by atoms with E-state index in [4.69, 9.17) is 23.1 Å². The average Bonchev–Trinajstić information content (AvgIpc) is 2.24. The standard InChI is InChI=1S/C12H16ClN3O2/c1-6(2)10(11(15)17)16-12(18)9-7(13)4-3-5-8(9)14/h3-6,10H,14H2,1-2H3,(H2,15,17)(H,16,18). The minimum Gasteiger partial charge on any atom is -0.398 e. The second-order valence-corrected chi connectivity index (χ2v) is 4.71. The Morgan fingerprint density at radius 1 is 1.33 bits per heavy atom. The van der Waals surface area contributed by atoms with Crippen LogP contribution < -0.4 is 16.8 Å². The van der Waals surface area contributed by atoms with Crippen LogP contribution in [0, 0.1) is 5.92 Å². The third kappa shape index (κ3) is 3.13. The molecule has 0 aliphatic carbocycles. The van der Waals surface area contributed by atoms with Crippen molar-refractivity contribution >= 4 is 29.1 Å². The van der Waals surface area contributed by atoms with Crippen molar-refractivity contribution in [3.05, 3.63) is 28.8 Å². The zero-order valence-corrected chi connectivity index (χ0v) is 11.0. The van der Waals surface area contributed by atoms with Crippen LogP contribution in [-0.4, -0.2) is 17.9 Å². The zero-order chi connectivity index (χ0) is 13.9. The van der Waals surface area contributed by atoms with E-state index in [-0.39, 0.29) is 22.2 Å². The molecule has 6 heteroatoms. The van der Waals surface area contributed by atoms with Gasteiger partial charge in [0, 0.05) is 5.69 Å². The van der Waals surface area contributed by atoms with E-state index in [1.807, 2.05) is 0 Å². The number of halogens is 1. The molecule has 98 valence electrons. The summed E-state index contributed by atoms with van der Waals surface area (Å²) in [4.78, 5) is 23.2. The van der Waals surface area contributed by atoms with E-state index < -0.39 is 17.9 Å². The van der Waals surface area contributed by atoms with Crippen molar-refractivity contribution in [1.82, 2.24) is 5.32 Å². The predicted octanol–water partition coefficient (Wildman–Crippen LogP) is 1.16. The zero-order valence-electron chi connectivity index (χ0n) is 10.2. The minimum absolute atomic E-state index is 0.116. The van der Waals surface area contributed by atoms with Crippen molar-refractivity contribution in [2.24, 2.45) is 11.7 Å². The summed E-state index contributed by atoms with van der Waals surface area (Å²) in [6.45, 7) is 3.57. The first-order valence-electron chi connectivity index (χ1n) is 5.48. The number of carbonyl (C=O) groups is 2. The van der Waals surface area contributed by atoms with E-state index in [1.54, 1.807) is 32.0 Å². The summed E-state index contributed by atoms with van der Waals surface area (Å²) in [6.07, 6.45) is 0. The average molecular weight is 270 g/mol. The molecule has 1 unspecified atom stereocenters. The molecule has 0 saturated carbocycles. The van der Waals surface area contributed by atoms with Gasteiger partial charge in [0.2, 0.25) is 5.91 Å². The highest BCUT2D eigenvalue weighted by molar-refractivity contribution is 6.34. The molecule has 1 aromatic rings. The maximum atomic E-state index is 12.0. The van der Waals surface area contributed by atoms with Crippen molar-refractivity contribution in [2.75, 3.05) is 5.73 Å². The highest BCUT2D eigenvalue weighted by atomic mass is 35.5. The van der Waals surface area contributed by atoms with E-state index >= 15 is 0 Å². The fraction of sp³-hybridized carbons (Fsp3) is 0.333. The molecule has 1 rings (SSSR count). The lowest BCUT2D eigenvalue weighted by atomic mass is 10.0. The Kier molecular flexibility index (Phi) is 4.55. The summed E-state index contributed by atoms with van der Waals surface area (Å²) in [7, 11) is 0. The molecule has 0 radical (unpaired) electrons. The van der Waals surface area contributed by atoms with Crippen LogP contribution in [0.4, 0.5) is 5.69 Å². The van der Waals surface area contributed by atoms with Crippen LogP contribution in [0.15, 0.2) is 18.2 Å². The number of hydrogen-bond acceptors (Lipinski definition) is 3. The molecule has 5 N–H and O–H groups in total. The van der Waals surface area contributed by atoms with E-state index in [1.165, 1.54) is 0 Å². The number of benzene rings is 1. The number of rotatable bonds is 4. The van der Waals surface area contributed by atoms with Gasteiger partial charge in [0.1, 0.15) is 6.04 Å². The largest absolute Gasteiger partial charge is 0.398 e. The van der Waals surface area contributed by atoms with E-state index in [9.17, 15) is 9.59 Å². The Balaban J connectivity index is 2.98.